The Morgan fingerprint density at radius 3 is 1.79 bits per heavy atom. The predicted octanol–water partition coefficient (Wildman–Crippen LogP) is 5.13. The van der Waals surface area contributed by atoms with Crippen LogP contribution in [0.3, 0.4) is 0 Å². The van der Waals surface area contributed by atoms with Crippen molar-refractivity contribution in [1.82, 2.24) is 0 Å². The molecule has 0 radical (unpaired) electrons. The average Bonchev–Trinajstić information content (AvgIpc) is 2.16. The van der Waals surface area contributed by atoms with Crippen LogP contribution in [0.4, 0.5) is 0 Å². The maximum Gasteiger partial charge on any atom is -0.0331 e. The van der Waals surface area contributed by atoms with Gasteiger partial charge < -0.3 is 0 Å². The molecule has 0 N–H and O–H groups in total. The lowest BCUT2D eigenvalue weighted by molar-refractivity contribution is 0.168. The van der Waals surface area contributed by atoms with Crippen molar-refractivity contribution in [2.45, 2.75) is 67.7 Å². The molecule has 0 aliphatic heterocycles. The molecule has 3 atom stereocenters. The lowest BCUT2D eigenvalue weighted by Gasteiger charge is -2.34. The van der Waals surface area contributed by atoms with Crippen molar-refractivity contribution < 1.29 is 0 Å². The van der Waals surface area contributed by atoms with Crippen molar-refractivity contribution in [3.05, 3.63) is 0 Å². The van der Waals surface area contributed by atoms with E-state index in [1.54, 1.807) is 0 Å². The van der Waals surface area contributed by atoms with Crippen LogP contribution in [-0.2, 0) is 0 Å². The Morgan fingerprint density at radius 1 is 0.929 bits per heavy atom. The molecule has 0 aliphatic carbocycles. The van der Waals surface area contributed by atoms with Gasteiger partial charge in [0.25, 0.3) is 0 Å². The maximum atomic E-state index is 2.42. The van der Waals surface area contributed by atoms with Crippen LogP contribution in [0.25, 0.3) is 0 Å². The summed E-state index contributed by atoms with van der Waals surface area (Å²) < 4.78 is 0. The average molecular weight is 198 g/mol. The Balaban J connectivity index is 4.11. The molecule has 0 spiro atoms. The normalized spacial score (nSPS) is 19.1. The molecule has 0 bridgehead atoms. The molecule has 0 saturated heterocycles. The van der Waals surface area contributed by atoms with Gasteiger partial charge in [-0.15, -0.1) is 0 Å². The van der Waals surface area contributed by atoms with Crippen molar-refractivity contribution >= 4 is 0 Å². The molecule has 0 aromatic carbocycles. The molecular weight excluding hydrogens is 168 g/mol. The van der Waals surface area contributed by atoms with Gasteiger partial charge in [0.2, 0.25) is 0 Å². The molecule has 14 heavy (non-hydrogen) atoms. The summed E-state index contributed by atoms with van der Waals surface area (Å²) in [7, 11) is 0. The van der Waals surface area contributed by atoms with Gasteiger partial charge in [0, 0.05) is 0 Å². The molecule has 3 unspecified atom stereocenters. The minimum Gasteiger partial charge on any atom is -0.0651 e. The summed E-state index contributed by atoms with van der Waals surface area (Å²) >= 11 is 0. The molecule has 0 amide bonds. The van der Waals surface area contributed by atoms with E-state index in [9.17, 15) is 0 Å². The van der Waals surface area contributed by atoms with E-state index in [4.69, 9.17) is 0 Å². The zero-order valence-corrected chi connectivity index (χ0v) is 11.4. The van der Waals surface area contributed by atoms with E-state index in [0.717, 1.165) is 17.8 Å². The van der Waals surface area contributed by atoms with E-state index < -0.39 is 0 Å². The zero-order chi connectivity index (χ0) is 11.4. The van der Waals surface area contributed by atoms with E-state index in [0.29, 0.717) is 5.41 Å². The molecule has 0 fully saturated rings. The Bertz CT molecular complexity index is 146. The van der Waals surface area contributed by atoms with Crippen LogP contribution >= 0.6 is 0 Å². The van der Waals surface area contributed by atoms with Crippen LogP contribution in [-0.4, -0.2) is 0 Å². The summed E-state index contributed by atoms with van der Waals surface area (Å²) in [5.41, 5.74) is 0.516. The van der Waals surface area contributed by atoms with Gasteiger partial charge >= 0.3 is 0 Å². The van der Waals surface area contributed by atoms with Crippen LogP contribution in [0.1, 0.15) is 67.7 Å². The Labute approximate surface area is 91.5 Å². The Kier molecular flexibility index (Phi) is 5.78. The van der Waals surface area contributed by atoms with Gasteiger partial charge in [-0.2, -0.15) is 0 Å². The van der Waals surface area contributed by atoms with Crippen LogP contribution in [0.2, 0.25) is 0 Å². The van der Waals surface area contributed by atoms with Gasteiger partial charge in [0.05, 0.1) is 0 Å². The maximum absolute atomic E-state index is 2.42. The fourth-order valence-corrected chi connectivity index (χ4v) is 1.86. The minimum absolute atomic E-state index is 0.516. The van der Waals surface area contributed by atoms with E-state index in [1.165, 1.54) is 19.3 Å². The quantitative estimate of drug-likeness (QED) is 0.555. The monoisotopic (exact) mass is 198 g/mol. The van der Waals surface area contributed by atoms with Gasteiger partial charge in [-0.25, -0.2) is 0 Å². The first-order valence-corrected chi connectivity index (χ1v) is 6.35. The number of hydrogen-bond donors (Lipinski definition) is 0. The smallest absolute Gasteiger partial charge is 0.0331 e. The first-order valence-electron chi connectivity index (χ1n) is 6.35. The fraction of sp³-hybridized carbons (Fsp3) is 1.00. The summed E-state index contributed by atoms with van der Waals surface area (Å²) in [6.45, 7) is 16.6. The standard InChI is InChI=1S/C14H30/c1-8-11(3)12(4)10-13(5)14(6,7)9-2/h11-13H,8-10H2,1-7H3. The second kappa shape index (κ2) is 5.78. The van der Waals surface area contributed by atoms with Crippen LogP contribution in [0, 0.1) is 23.2 Å². The molecule has 0 heteroatoms. The topological polar surface area (TPSA) is 0 Å². The van der Waals surface area contributed by atoms with Crippen LogP contribution in [0.5, 0.6) is 0 Å². The zero-order valence-electron chi connectivity index (χ0n) is 11.4. The lowest BCUT2D eigenvalue weighted by atomic mass is 9.72. The van der Waals surface area contributed by atoms with Gasteiger partial charge in [-0.05, 0) is 29.6 Å². The van der Waals surface area contributed by atoms with Gasteiger partial charge in [0.1, 0.15) is 0 Å². The first kappa shape index (κ1) is 14.0. The molecule has 0 aliphatic rings. The van der Waals surface area contributed by atoms with Crippen molar-refractivity contribution in [3.63, 3.8) is 0 Å². The van der Waals surface area contributed by atoms with Gasteiger partial charge in [0.15, 0.2) is 0 Å². The molecule has 86 valence electrons. The fourth-order valence-electron chi connectivity index (χ4n) is 1.86. The highest BCUT2D eigenvalue weighted by molar-refractivity contribution is 4.76. The Morgan fingerprint density at radius 2 is 1.43 bits per heavy atom. The van der Waals surface area contributed by atoms with Crippen molar-refractivity contribution in [1.29, 1.82) is 0 Å². The highest BCUT2D eigenvalue weighted by Gasteiger charge is 2.26. The van der Waals surface area contributed by atoms with E-state index in [-0.39, 0.29) is 0 Å². The highest BCUT2D eigenvalue weighted by Crippen LogP contribution is 2.36. The third kappa shape index (κ3) is 4.02. The van der Waals surface area contributed by atoms with Crippen molar-refractivity contribution in [2.75, 3.05) is 0 Å². The van der Waals surface area contributed by atoms with E-state index in [1.807, 2.05) is 0 Å². The first-order chi connectivity index (χ1) is 6.35. The SMILES string of the molecule is CCC(C)C(C)CC(C)C(C)(C)CC. The summed E-state index contributed by atoms with van der Waals surface area (Å²) in [6, 6.07) is 0. The molecule has 0 rings (SSSR count). The summed E-state index contributed by atoms with van der Waals surface area (Å²) in [6.07, 6.45) is 4.00. The van der Waals surface area contributed by atoms with E-state index >= 15 is 0 Å². The molecule has 0 nitrogen and oxygen atoms in total. The molecule has 0 aromatic rings. The lowest BCUT2D eigenvalue weighted by Crippen LogP contribution is -2.24. The Hall–Kier alpha value is 0. The molecule has 0 heterocycles. The van der Waals surface area contributed by atoms with E-state index in [2.05, 4.69) is 48.5 Å². The van der Waals surface area contributed by atoms with Crippen molar-refractivity contribution in [2.24, 2.45) is 23.2 Å². The second-order valence-electron chi connectivity index (χ2n) is 5.84. The summed E-state index contributed by atoms with van der Waals surface area (Å²) in [5.74, 6) is 2.60. The predicted molar refractivity (Wildman–Crippen MR) is 66.5 cm³/mol. The van der Waals surface area contributed by atoms with Crippen LogP contribution < -0.4 is 0 Å². The largest absolute Gasteiger partial charge is 0.0651 e. The highest BCUT2D eigenvalue weighted by atomic mass is 14.3. The summed E-state index contributed by atoms with van der Waals surface area (Å²) in [5, 5.41) is 0. The number of hydrogen-bond acceptors (Lipinski definition) is 0. The summed E-state index contributed by atoms with van der Waals surface area (Å²) in [4.78, 5) is 0. The van der Waals surface area contributed by atoms with Gasteiger partial charge in [-0.1, -0.05) is 61.3 Å². The minimum atomic E-state index is 0.516. The van der Waals surface area contributed by atoms with Crippen molar-refractivity contribution in [3.8, 4) is 0 Å². The second-order valence-corrected chi connectivity index (χ2v) is 5.84. The third-order valence-electron chi connectivity index (χ3n) is 4.59. The molecule has 0 saturated carbocycles. The van der Waals surface area contributed by atoms with Crippen LogP contribution in [0.15, 0.2) is 0 Å². The molecule has 0 aromatic heterocycles. The third-order valence-corrected chi connectivity index (χ3v) is 4.59. The molecular formula is C14H30. The van der Waals surface area contributed by atoms with Gasteiger partial charge in [-0.3, -0.25) is 0 Å². The number of rotatable bonds is 6.